The summed E-state index contributed by atoms with van der Waals surface area (Å²) >= 11 is 0. The first kappa shape index (κ1) is 18.3. The average molecular weight is 310 g/mol. The summed E-state index contributed by atoms with van der Waals surface area (Å²) in [5, 5.41) is 0. The van der Waals surface area contributed by atoms with Crippen molar-refractivity contribution in [1.82, 2.24) is 0 Å². The van der Waals surface area contributed by atoms with E-state index >= 15 is 0 Å². The second-order valence-corrected chi connectivity index (χ2v) is 8.97. The lowest BCUT2D eigenvalue weighted by atomic mass is 9.54. The van der Waals surface area contributed by atoms with Crippen LogP contribution in [0.25, 0.3) is 0 Å². The number of rotatable bonds is 3. The second-order valence-electron chi connectivity index (χ2n) is 8.97. The topological polar surface area (TPSA) is 36.9 Å². The molecule has 0 aromatic heterocycles. The molecule has 0 spiro atoms. The smallest absolute Gasteiger partial charge is 0.403 e. The predicted octanol–water partition coefficient (Wildman–Crippen LogP) is 3.95. The Labute approximate surface area is 136 Å². The fraction of sp³-hybridized carbons (Fsp3) is 1.00. The van der Waals surface area contributed by atoms with Gasteiger partial charge in [-0.05, 0) is 67.0 Å². The summed E-state index contributed by atoms with van der Waals surface area (Å²) in [5.74, 6) is 0.353. The van der Waals surface area contributed by atoms with Crippen molar-refractivity contribution in [3.63, 3.8) is 0 Å². The van der Waals surface area contributed by atoms with Gasteiger partial charge in [-0.1, -0.05) is 13.8 Å². The molecule has 2 atom stereocenters. The molecule has 0 aromatic carbocycles. The Hall–Kier alpha value is -0.0301. The lowest BCUT2D eigenvalue weighted by Gasteiger charge is -2.32. The van der Waals surface area contributed by atoms with Gasteiger partial charge >= 0.3 is 14.2 Å². The molecular formula is C16H32B2O4. The average Bonchev–Trinajstić information content (AvgIpc) is 2.67. The van der Waals surface area contributed by atoms with E-state index in [1.54, 1.807) is 0 Å². The monoisotopic (exact) mass is 310 g/mol. The van der Waals surface area contributed by atoms with Crippen molar-refractivity contribution in [3.8, 4) is 0 Å². The van der Waals surface area contributed by atoms with E-state index in [0.717, 1.165) is 0 Å². The minimum absolute atomic E-state index is 0.177. The maximum Gasteiger partial charge on any atom is 0.460 e. The number of hydrogen-bond acceptors (Lipinski definition) is 4. The van der Waals surface area contributed by atoms with E-state index in [1.807, 2.05) is 0 Å². The SMILES string of the molecule is CC(B1OC(C)(C)C(C)(C)O1)C(C)B1OC(C)(C)C(C)(C)O1. The van der Waals surface area contributed by atoms with E-state index in [2.05, 4.69) is 69.2 Å². The molecule has 0 N–H and O–H groups in total. The van der Waals surface area contributed by atoms with Crippen LogP contribution in [0.15, 0.2) is 0 Å². The van der Waals surface area contributed by atoms with Gasteiger partial charge in [-0.2, -0.15) is 0 Å². The highest BCUT2D eigenvalue weighted by Gasteiger charge is 2.58. The Bertz CT molecular complexity index is 362. The van der Waals surface area contributed by atoms with Crippen LogP contribution in [0.1, 0.15) is 69.2 Å². The van der Waals surface area contributed by atoms with Crippen LogP contribution < -0.4 is 0 Å². The Kier molecular flexibility index (Phi) is 4.36. The number of hydrogen-bond donors (Lipinski definition) is 0. The molecular weight excluding hydrogens is 278 g/mol. The minimum Gasteiger partial charge on any atom is -0.403 e. The molecule has 2 aliphatic heterocycles. The quantitative estimate of drug-likeness (QED) is 0.740. The highest BCUT2D eigenvalue weighted by molar-refractivity contribution is 6.54. The zero-order valence-corrected chi connectivity index (χ0v) is 15.9. The summed E-state index contributed by atoms with van der Waals surface area (Å²) in [5.41, 5.74) is -1.22. The molecule has 0 amide bonds. The third-order valence-corrected chi connectivity index (χ3v) is 6.23. The van der Waals surface area contributed by atoms with E-state index in [0.29, 0.717) is 0 Å². The van der Waals surface area contributed by atoms with Crippen molar-refractivity contribution in [2.45, 2.75) is 103 Å². The third-order valence-electron chi connectivity index (χ3n) is 6.23. The van der Waals surface area contributed by atoms with Crippen LogP contribution >= 0.6 is 0 Å². The molecule has 0 bridgehead atoms. The molecule has 0 aromatic rings. The molecule has 2 heterocycles. The third kappa shape index (κ3) is 2.88. The molecule has 0 saturated carbocycles. The van der Waals surface area contributed by atoms with Crippen molar-refractivity contribution >= 4 is 14.2 Å². The molecule has 2 saturated heterocycles. The first-order chi connectivity index (χ1) is 9.70. The molecule has 2 unspecified atom stereocenters. The van der Waals surface area contributed by atoms with Crippen LogP contribution in [-0.4, -0.2) is 36.6 Å². The summed E-state index contributed by atoms with van der Waals surface area (Å²) in [7, 11) is -0.474. The van der Waals surface area contributed by atoms with Crippen LogP contribution in [0, 0.1) is 0 Å². The van der Waals surface area contributed by atoms with Crippen molar-refractivity contribution in [1.29, 1.82) is 0 Å². The Morgan fingerprint density at radius 3 is 0.864 bits per heavy atom. The molecule has 22 heavy (non-hydrogen) atoms. The summed E-state index contributed by atoms with van der Waals surface area (Å²) in [6.07, 6.45) is 0. The molecule has 0 aliphatic carbocycles. The Morgan fingerprint density at radius 1 is 0.500 bits per heavy atom. The normalized spacial score (nSPS) is 31.4. The molecule has 2 aliphatic rings. The van der Waals surface area contributed by atoms with Gasteiger partial charge in [0, 0.05) is 0 Å². The van der Waals surface area contributed by atoms with E-state index in [1.165, 1.54) is 0 Å². The van der Waals surface area contributed by atoms with Crippen molar-refractivity contribution in [2.75, 3.05) is 0 Å². The molecule has 4 nitrogen and oxygen atoms in total. The van der Waals surface area contributed by atoms with Crippen molar-refractivity contribution < 1.29 is 18.6 Å². The maximum atomic E-state index is 6.18. The van der Waals surface area contributed by atoms with Gasteiger partial charge < -0.3 is 18.6 Å². The van der Waals surface area contributed by atoms with Crippen molar-refractivity contribution in [3.05, 3.63) is 0 Å². The summed E-state index contributed by atoms with van der Waals surface area (Å²) in [4.78, 5) is 0. The zero-order chi connectivity index (χ0) is 17.1. The largest absolute Gasteiger partial charge is 0.460 e. The Morgan fingerprint density at radius 2 is 0.682 bits per heavy atom. The predicted molar refractivity (Wildman–Crippen MR) is 91.0 cm³/mol. The van der Waals surface area contributed by atoms with Crippen LogP contribution in [0.5, 0.6) is 0 Å². The minimum atomic E-state index is -0.304. The highest BCUT2D eigenvalue weighted by atomic mass is 16.7. The molecule has 2 fully saturated rings. The summed E-state index contributed by atoms with van der Waals surface area (Å²) in [6.45, 7) is 21.0. The van der Waals surface area contributed by atoms with Gasteiger partial charge in [0.05, 0.1) is 22.4 Å². The van der Waals surface area contributed by atoms with Crippen molar-refractivity contribution in [2.24, 2.45) is 0 Å². The summed E-state index contributed by atoms with van der Waals surface area (Å²) < 4.78 is 24.7. The van der Waals surface area contributed by atoms with Gasteiger partial charge in [-0.25, -0.2) is 0 Å². The van der Waals surface area contributed by atoms with E-state index < -0.39 is 0 Å². The highest BCUT2D eigenvalue weighted by Crippen LogP contribution is 2.47. The lowest BCUT2D eigenvalue weighted by molar-refractivity contribution is 0.00578. The molecule has 0 radical (unpaired) electrons. The van der Waals surface area contributed by atoms with Gasteiger partial charge in [0.15, 0.2) is 0 Å². The van der Waals surface area contributed by atoms with E-state index in [-0.39, 0.29) is 48.3 Å². The van der Waals surface area contributed by atoms with Crippen LogP contribution in [0.4, 0.5) is 0 Å². The maximum absolute atomic E-state index is 6.18. The fourth-order valence-electron chi connectivity index (χ4n) is 2.70. The van der Waals surface area contributed by atoms with Gasteiger partial charge in [-0.15, -0.1) is 0 Å². The first-order valence-electron chi connectivity index (χ1n) is 8.41. The van der Waals surface area contributed by atoms with Gasteiger partial charge in [0.2, 0.25) is 0 Å². The second kappa shape index (κ2) is 5.23. The van der Waals surface area contributed by atoms with Gasteiger partial charge in [0.1, 0.15) is 0 Å². The summed E-state index contributed by atoms with van der Waals surface area (Å²) in [6, 6.07) is 0. The van der Waals surface area contributed by atoms with Gasteiger partial charge in [-0.3, -0.25) is 0 Å². The van der Waals surface area contributed by atoms with E-state index in [4.69, 9.17) is 18.6 Å². The molecule has 126 valence electrons. The first-order valence-corrected chi connectivity index (χ1v) is 8.41. The lowest BCUT2D eigenvalue weighted by Crippen LogP contribution is -2.41. The fourth-order valence-corrected chi connectivity index (χ4v) is 2.70. The van der Waals surface area contributed by atoms with Crippen LogP contribution in [0.2, 0.25) is 11.6 Å². The van der Waals surface area contributed by atoms with Crippen LogP contribution in [-0.2, 0) is 18.6 Å². The van der Waals surface area contributed by atoms with Crippen LogP contribution in [0.3, 0.4) is 0 Å². The van der Waals surface area contributed by atoms with E-state index in [9.17, 15) is 0 Å². The Balaban J connectivity index is 2.07. The zero-order valence-electron chi connectivity index (χ0n) is 15.9. The molecule has 2 rings (SSSR count). The standard InChI is InChI=1S/C16H32B2O4/c1-11(17-19-13(3,4)14(5,6)20-17)12(2)18-21-15(7,8)16(9,10)22-18/h11-12H,1-10H3. The molecule has 6 heteroatoms. The van der Waals surface area contributed by atoms with Gasteiger partial charge in [0.25, 0.3) is 0 Å².